The number of nitrogens with zero attached hydrogens (tertiary/aromatic N) is 2. The van der Waals surface area contributed by atoms with E-state index in [1.54, 1.807) is 36.2 Å². The SMILES string of the molecule is CNC(=O)[C@@H](Cc1ccccc1)N(Cc1ccccc1)C(=O)CCCN(c1ccc(Cl)cc1)S(C)(=O)=O. The fourth-order valence-corrected chi connectivity index (χ4v) is 5.20. The quantitative estimate of drug-likeness (QED) is 0.371. The average Bonchev–Trinajstić information content (AvgIpc) is 2.89. The molecule has 0 aliphatic rings. The van der Waals surface area contributed by atoms with Gasteiger partial charge in [-0.3, -0.25) is 13.9 Å². The van der Waals surface area contributed by atoms with E-state index in [4.69, 9.17) is 11.6 Å². The number of likely N-dealkylation sites (N-methyl/N-ethyl adjacent to an activating group) is 1. The van der Waals surface area contributed by atoms with E-state index in [-0.39, 0.29) is 37.7 Å². The predicted octanol–water partition coefficient (Wildman–Crippen LogP) is 4.27. The molecular formula is C28H32ClN3O4S. The van der Waals surface area contributed by atoms with Gasteiger partial charge in [0.1, 0.15) is 6.04 Å². The maximum atomic E-state index is 13.6. The van der Waals surface area contributed by atoms with Crippen LogP contribution in [-0.2, 0) is 32.6 Å². The van der Waals surface area contributed by atoms with Crippen LogP contribution in [0.3, 0.4) is 0 Å². The largest absolute Gasteiger partial charge is 0.357 e. The van der Waals surface area contributed by atoms with Crippen molar-refractivity contribution in [2.45, 2.75) is 31.8 Å². The lowest BCUT2D eigenvalue weighted by Crippen LogP contribution is -2.49. The molecule has 9 heteroatoms. The van der Waals surface area contributed by atoms with E-state index in [9.17, 15) is 18.0 Å². The first-order chi connectivity index (χ1) is 17.7. The monoisotopic (exact) mass is 541 g/mol. The third kappa shape index (κ3) is 8.33. The highest BCUT2D eigenvalue weighted by molar-refractivity contribution is 7.92. The van der Waals surface area contributed by atoms with Gasteiger partial charge in [0.25, 0.3) is 0 Å². The van der Waals surface area contributed by atoms with Gasteiger partial charge >= 0.3 is 0 Å². The minimum absolute atomic E-state index is 0.0781. The lowest BCUT2D eigenvalue weighted by molar-refractivity contribution is -0.141. The van der Waals surface area contributed by atoms with Crippen LogP contribution in [0.1, 0.15) is 24.0 Å². The second-order valence-corrected chi connectivity index (χ2v) is 11.1. The van der Waals surface area contributed by atoms with Crippen LogP contribution in [0.25, 0.3) is 0 Å². The molecule has 0 heterocycles. The van der Waals surface area contributed by atoms with E-state index in [1.807, 2.05) is 60.7 Å². The smallest absolute Gasteiger partial charge is 0.242 e. The van der Waals surface area contributed by atoms with Gasteiger partial charge in [0.05, 0.1) is 11.9 Å². The van der Waals surface area contributed by atoms with Gasteiger partial charge in [-0.05, 0) is 41.8 Å². The van der Waals surface area contributed by atoms with Crippen molar-refractivity contribution in [3.63, 3.8) is 0 Å². The Labute approximate surface area is 224 Å². The number of anilines is 1. The molecule has 196 valence electrons. The van der Waals surface area contributed by atoms with Crippen LogP contribution < -0.4 is 9.62 Å². The molecule has 3 aromatic rings. The van der Waals surface area contributed by atoms with Crippen LogP contribution in [-0.4, -0.2) is 51.0 Å². The first-order valence-corrected chi connectivity index (χ1v) is 14.2. The number of sulfonamides is 1. The maximum Gasteiger partial charge on any atom is 0.242 e. The molecule has 0 saturated heterocycles. The Bertz CT molecular complexity index is 1270. The highest BCUT2D eigenvalue weighted by atomic mass is 35.5. The predicted molar refractivity (Wildman–Crippen MR) is 148 cm³/mol. The van der Waals surface area contributed by atoms with Gasteiger partial charge < -0.3 is 10.2 Å². The zero-order valence-corrected chi connectivity index (χ0v) is 22.6. The number of amides is 2. The Morgan fingerprint density at radius 1 is 0.892 bits per heavy atom. The molecule has 0 aliphatic carbocycles. The van der Waals surface area contributed by atoms with Gasteiger partial charge in [0, 0.05) is 38.0 Å². The number of halogens is 1. The summed E-state index contributed by atoms with van der Waals surface area (Å²) in [6.45, 7) is 0.381. The van der Waals surface area contributed by atoms with Crippen molar-refractivity contribution in [1.82, 2.24) is 10.2 Å². The molecule has 0 radical (unpaired) electrons. The maximum absolute atomic E-state index is 13.6. The molecule has 0 aromatic heterocycles. The summed E-state index contributed by atoms with van der Waals surface area (Å²) in [5.74, 6) is -0.481. The van der Waals surface area contributed by atoms with E-state index < -0.39 is 16.1 Å². The normalized spacial score (nSPS) is 12.0. The molecule has 1 N–H and O–H groups in total. The van der Waals surface area contributed by atoms with Crippen molar-refractivity contribution in [3.8, 4) is 0 Å². The molecular weight excluding hydrogens is 510 g/mol. The molecule has 0 fully saturated rings. The van der Waals surface area contributed by atoms with Crippen LogP contribution in [0, 0.1) is 0 Å². The summed E-state index contributed by atoms with van der Waals surface area (Å²) in [5.41, 5.74) is 2.32. The Balaban J connectivity index is 1.81. The molecule has 7 nitrogen and oxygen atoms in total. The van der Waals surface area contributed by atoms with E-state index in [0.717, 1.165) is 17.4 Å². The van der Waals surface area contributed by atoms with Crippen LogP contribution in [0.4, 0.5) is 5.69 Å². The number of benzene rings is 3. The third-order valence-electron chi connectivity index (χ3n) is 5.98. The van der Waals surface area contributed by atoms with Crippen LogP contribution in [0.5, 0.6) is 0 Å². The fraction of sp³-hybridized carbons (Fsp3) is 0.286. The van der Waals surface area contributed by atoms with E-state index in [0.29, 0.717) is 17.1 Å². The average molecular weight is 542 g/mol. The second-order valence-electron chi connectivity index (χ2n) is 8.74. The van der Waals surface area contributed by atoms with Gasteiger partial charge in [-0.2, -0.15) is 0 Å². The third-order valence-corrected chi connectivity index (χ3v) is 7.43. The molecule has 0 spiro atoms. The van der Waals surface area contributed by atoms with E-state index in [2.05, 4.69) is 5.32 Å². The fourth-order valence-electron chi connectivity index (χ4n) is 4.11. The number of carbonyl (C=O) groups excluding carboxylic acids is 2. The Kier molecular flexibility index (Phi) is 10.1. The zero-order chi connectivity index (χ0) is 26.8. The number of hydrogen-bond donors (Lipinski definition) is 1. The summed E-state index contributed by atoms with van der Waals surface area (Å²) in [6, 6.07) is 24.8. The molecule has 3 aromatic carbocycles. The highest BCUT2D eigenvalue weighted by Crippen LogP contribution is 2.22. The number of carbonyl (C=O) groups is 2. The van der Waals surface area contributed by atoms with Crippen molar-refractivity contribution >= 4 is 39.1 Å². The highest BCUT2D eigenvalue weighted by Gasteiger charge is 2.30. The summed E-state index contributed by atoms with van der Waals surface area (Å²) in [4.78, 5) is 28.1. The molecule has 1 atom stereocenters. The van der Waals surface area contributed by atoms with Crippen molar-refractivity contribution in [2.75, 3.05) is 24.2 Å². The summed E-state index contributed by atoms with van der Waals surface area (Å²) in [5, 5.41) is 3.20. The van der Waals surface area contributed by atoms with Gasteiger partial charge in [-0.1, -0.05) is 72.3 Å². The first-order valence-electron chi connectivity index (χ1n) is 12.0. The lowest BCUT2D eigenvalue weighted by Gasteiger charge is -2.31. The molecule has 37 heavy (non-hydrogen) atoms. The lowest BCUT2D eigenvalue weighted by atomic mass is 10.0. The summed E-state index contributed by atoms with van der Waals surface area (Å²) < 4.78 is 26.2. The number of nitrogens with one attached hydrogen (secondary N) is 1. The molecule has 0 aliphatic heterocycles. The Morgan fingerprint density at radius 2 is 1.46 bits per heavy atom. The van der Waals surface area contributed by atoms with E-state index in [1.165, 1.54) is 4.31 Å². The molecule has 0 unspecified atom stereocenters. The molecule has 2 amide bonds. The Hall–Kier alpha value is -3.36. The van der Waals surface area contributed by atoms with Gasteiger partial charge in [-0.25, -0.2) is 8.42 Å². The van der Waals surface area contributed by atoms with Crippen molar-refractivity contribution in [2.24, 2.45) is 0 Å². The van der Waals surface area contributed by atoms with Crippen LogP contribution >= 0.6 is 11.6 Å². The molecule has 3 rings (SSSR count). The van der Waals surface area contributed by atoms with Crippen molar-refractivity contribution in [1.29, 1.82) is 0 Å². The topological polar surface area (TPSA) is 86.8 Å². The summed E-state index contributed by atoms with van der Waals surface area (Å²) in [6.07, 6.45) is 1.85. The van der Waals surface area contributed by atoms with Gasteiger partial charge in [0.2, 0.25) is 21.8 Å². The first kappa shape index (κ1) is 28.2. The molecule has 0 bridgehead atoms. The van der Waals surface area contributed by atoms with Crippen molar-refractivity contribution < 1.29 is 18.0 Å². The summed E-state index contributed by atoms with van der Waals surface area (Å²) in [7, 11) is -2.01. The second kappa shape index (κ2) is 13.3. The minimum Gasteiger partial charge on any atom is -0.357 e. The summed E-state index contributed by atoms with van der Waals surface area (Å²) >= 11 is 5.95. The van der Waals surface area contributed by atoms with Crippen LogP contribution in [0.2, 0.25) is 5.02 Å². The number of hydrogen-bond acceptors (Lipinski definition) is 4. The molecule has 0 saturated carbocycles. The number of rotatable bonds is 12. The standard InChI is InChI=1S/C28H32ClN3O4S/c1-30-28(34)26(20-22-10-5-3-6-11-22)31(21-23-12-7-4-8-13-23)27(33)14-9-19-32(37(2,35)36)25-17-15-24(29)16-18-25/h3-8,10-13,15-18,26H,9,14,19-21H2,1-2H3,(H,30,34)/t26-/m1/s1. The zero-order valence-electron chi connectivity index (χ0n) is 21.0. The van der Waals surface area contributed by atoms with Gasteiger partial charge in [0.15, 0.2) is 0 Å². The Morgan fingerprint density at radius 3 is 2.00 bits per heavy atom. The minimum atomic E-state index is -3.57. The van der Waals surface area contributed by atoms with E-state index >= 15 is 0 Å². The van der Waals surface area contributed by atoms with Crippen molar-refractivity contribution in [3.05, 3.63) is 101 Å². The van der Waals surface area contributed by atoms with Gasteiger partial charge in [-0.15, -0.1) is 0 Å². The van der Waals surface area contributed by atoms with Crippen LogP contribution in [0.15, 0.2) is 84.9 Å².